The second-order valence-electron chi connectivity index (χ2n) is 4.68. The third-order valence-corrected chi connectivity index (χ3v) is 5.47. The Hall–Kier alpha value is -1.98. The fourth-order valence-electron chi connectivity index (χ4n) is 1.69. The van der Waals surface area contributed by atoms with Gasteiger partial charge in [0.1, 0.15) is 6.54 Å². The average Bonchev–Trinajstić information content (AvgIpc) is 3.06. The number of aromatic nitrogens is 2. The molecule has 0 radical (unpaired) electrons. The van der Waals surface area contributed by atoms with Crippen molar-refractivity contribution in [2.45, 2.75) is 11.3 Å². The molecule has 2 amide bonds. The van der Waals surface area contributed by atoms with Crippen molar-refractivity contribution in [3.8, 4) is 0 Å². The minimum absolute atomic E-state index is 0.0756. The molecule has 0 saturated carbocycles. The van der Waals surface area contributed by atoms with Crippen molar-refractivity contribution >= 4 is 61.9 Å². The standard InChI is InChI=1S/C15H15BrN4O4S2/c1-2-24-12(22)7-17-11(21)8-25-15-20-19-14(26-15)18-13(23)9-5-3-4-6-10(9)16/h3-6H,2,7-8H2,1H3,(H,17,21)(H,18,19,23). The van der Waals surface area contributed by atoms with Gasteiger partial charge in [-0.3, -0.25) is 19.7 Å². The van der Waals surface area contributed by atoms with E-state index in [-0.39, 0.29) is 30.7 Å². The van der Waals surface area contributed by atoms with Crippen LogP contribution >= 0.6 is 39.0 Å². The predicted octanol–water partition coefficient (Wildman–Crippen LogP) is 2.32. The lowest BCUT2D eigenvalue weighted by atomic mass is 10.2. The van der Waals surface area contributed by atoms with Crippen molar-refractivity contribution in [1.82, 2.24) is 15.5 Å². The van der Waals surface area contributed by atoms with Gasteiger partial charge in [0.25, 0.3) is 5.91 Å². The van der Waals surface area contributed by atoms with Gasteiger partial charge in [0.15, 0.2) is 4.34 Å². The Morgan fingerprint density at radius 3 is 2.77 bits per heavy atom. The summed E-state index contributed by atoms with van der Waals surface area (Å²) in [5, 5.41) is 13.2. The summed E-state index contributed by atoms with van der Waals surface area (Å²) in [4.78, 5) is 35.0. The normalized spacial score (nSPS) is 10.2. The van der Waals surface area contributed by atoms with E-state index in [1.54, 1.807) is 25.1 Å². The monoisotopic (exact) mass is 458 g/mol. The first-order valence-corrected chi connectivity index (χ1v) is 10.0. The number of thioether (sulfide) groups is 1. The van der Waals surface area contributed by atoms with Crippen LogP contribution in [0.2, 0.25) is 0 Å². The number of anilines is 1. The number of hydrogen-bond donors (Lipinski definition) is 2. The van der Waals surface area contributed by atoms with Gasteiger partial charge in [-0.2, -0.15) is 0 Å². The van der Waals surface area contributed by atoms with E-state index in [4.69, 9.17) is 4.74 Å². The number of ether oxygens (including phenoxy) is 1. The molecule has 1 aromatic heterocycles. The molecule has 8 nitrogen and oxygen atoms in total. The minimum atomic E-state index is -0.487. The first-order valence-electron chi connectivity index (χ1n) is 7.44. The summed E-state index contributed by atoms with van der Waals surface area (Å²) in [6.07, 6.45) is 0. The van der Waals surface area contributed by atoms with E-state index < -0.39 is 5.97 Å². The summed E-state index contributed by atoms with van der Waals surface area (Å²) < 4.78 is 5.92. The minimum Gasteiger partial charge on any atom is -0.465 e. The van der Waals surface area contributed by atoms with E-state index in [2.05, 4.69) is 36.8 Å². The van der Waals surface area contributed by atoms with E-state index in [1.807, 2.05) is 6.07 Å². The lowest BCUT2D eigenvalue weighted by Crippen LogP contribution is -2.31. The number of nitrogens with zero attached hydrogens (tertiary/aromatic N) is 2. The molecular formula is C15H15BrN4O4S2. The first-order chi connectivity index (χ1) is 12.5. The SMILES string of the molecule is CCOC(=O)CNC(=O)CSc1nnc(NC(=O)c2ccccc2Br)s1. The van der Waals surface area contributed by atoms with Crippen LogP contribution in [0.25, 0.3) is 0 Å². The smallest absolute Gasteiger partial charge is 0.325 e. The lowest BCUT2D eigenvalue weighted by molar-refractivity contribution is -0.143. The van der Waals surface area contributed by atoms with Gasteiger partial charge in [-0.15, -0.1) is 10.2 Å². The van der Waals surface area contributed by atoms with Crippen LogP contribution in [0, 0.1) is 0 Å². The second kappa shape index (κ2) is 10.2. The van der Waals surface area contributed by atoms with Crippen LogP contribution in [0.1, 0.15) is 17.3 Å². The molecule has 0 bridgehead atoms. The first kappa shape index (κ1) is 20.3. The van der Waals surface area contributed by atoms with Gasteiger partial charge < -0.3 is 10.1 Å². The van der Waals surface area contributed by atoms with E-state index >= 15 is 0 Å². The van der Waals surface area contributed by atoms with Crippen molar-refractivity contribution < 1.29 is 19.1 Å². The highest BCUT2D eigenvalue weighted by molar-refractivity contribution is 9.10. The summed E-state index contributed by atoms with van der Waals surface area (Å²) >= 11 is 5.63. The maximum atomic E-state index is 12.2. The molecule has 0 aliphatic rings. The highest BCUT2D eigenvalue weighted by Gasteiger charge is 2.14. The van der Waals surface area contributed by atoms with Crippen molar-refractivity contribution in [2.24, 2.45) is 0 Å². The van der Waals surface area contributed by atoms with Crippen LogP contribution < -0.4 is 10.6 Å². The Balaban J connectivity index is 1.80. The molecule has 2 N–H and O–H groups in total. The summed E-state index contributed by atoms with van der Waals surface area (Å²) in [6.45, 7) is 1.79. The largest absolute Gasteiger partial charge is 0.465 e. The van der Waals surface area contributed by atoms with Crippen molar-refractivity contribution in [3.63, 3.8) is 0 Å². The zero-order valence-electron chi connectivity index (χ0n) is 13.7. The number of nitrogens with one attached hydrogen (secondary N) is 2. The van der Waals surface area contributed by atoms with E-state index in [1.165, 1.54) is 0 Å². The number of rotatable bonds is 8. The number of carbonyl (C=O) groups excluding carboxylic acids is 3. The molecule has 0 spiro atoms. The Morgan fingerprint density at radius 2 is 2.04 bits per heavy atom. The Morgan fingerprint density at radius 1 is 1.27 bits per heavy atom. The molecule has 138 valence electrons. The molecule has 2 rings (SSSR count). The van der Waals surface area contributed by atoms with Gasteiger partial charge in [-0.25, -0.2) is 0 Å². The molecule has 0 unspecified atom stereocenters. The van der Waals surface area contributed by atoms with Crippen LogP contribution in [-0.4, -0.2) is 46.9 Å². The number of amides is 2. The molecule has 1 aromatic carbocycles. The van der Waals surface area contributed by atoms with Gasteiger partial charge in [0.2, 0.25) is 11.0 Å². The van der Waals surface area contributed by atoms with Crippen LogP contribution in [0.15, 0.2) is 33.1 Å². The Kier molecular flexibility index (Phi) is 8.01. The topological polar surface area (TPSA) is 110 Å². The molecular weight excluding hydrogens is 444 g/mol. The Labute approximate surface area is 166 Å². The van der Waals surface area contributed by atoms with Gasteiger partial charge in [0, 0.05) is 4.47 Å². The molecule has 1 heterocycles. The molecule has 0 aliphatic heterocycles. The van der Waals surface area contributed by atoms with Crippen LogP contribution in [0.4, 0.5) is 5.13 Å². The molecule has 0 fully saturated rings. The highest BCUT2D eigenvalue weighted by Crippen LogP contribution is 2.26. The predicted molar refractivity (Wildman–Crippen MR) is 102 cm³/mol. The molecule has 0 aliphatic carbocycles. The number of esters is 1. The van der Waals surface area contributed by atoms with Crippen molar-refractivity contribution in [1.29, 1.82) is 0 Å². The maximum absolute atomic E-state index is 12.2. The quantitative estimate of drug-likeness (QED) is 0.354. The fourth-order valence-corrected chi connectivity index (χ4v) is 3.73. The Bertz CT molecular complexity index is 799. The third-order valence-electron chi connectivity index (χ3n) is 2.81. The molecule has 26 heavy (non-hydrogen) atoms. The van der Waals surface area contributed by atoms with Crippen molar-refractivity contribution in [3.05, 3.63) is 34.3 Å². The van der Waals surface area contributed by atoms with Gasteiger partial charge in [-0.1, -0.05) is 35.2 Å². The van der Waals surface area contributed by atoms with E-state index in [0.717, 1.165) is 23.1 Å². The fraction of sp³-hybridized carbons (Fsp3) is 0.267. The molecule has 0 saturated heterocycles. The van der Waals surface area contributed by atoms with Gasteiger partial charge in [0.05, 0.1) is 17.9 Å². The van der Waals surface area contributed by atoms with Crippen molar-refractivity contribution in [2.75, 3.05) is 24.2 Å². The lowest BCUT2D eigenvalue weighted by Gasteiger charge is -2.03. The summed E-state index contributed by atoms with van der Waals surface area (Å²) in [6, 6.07) is 7.03. The summed E-state index contributed by atoms with van der Waals surface area (Å²) in [7, 11) is 0. The third kappa shape index (κ3) is 6.39. The zero-order chi connectivity index (χ0) is 18.9. The van der Waals surface area contributed by atoms with Crippen LogP contribution in [0.5, 0.6) is 0 Å². The van der Waals surface area contributed by atoms with Gasteiger partial charge >= 0.3 is 5.97 Å². The maximum Gasteiger partial charge on any atom is 0.325 e. The molecule has 11 heteroatoms. The molecule has 0 atom stereocenters. The number of carbonyl (C=O) groups is 3. The average molecular weight is 459 g/mol. The zero-order valence-corrected chi connectivity index (χ0v) is 16.9. The highest BCUT2D eigenvalue weighted by atomic mass is 79.9. The molecule has 2 aromatic rings. The van der Waals surface area contributed by atoms with Gasteiger partial charge in [-0.05, 0) is 35.0 Å². The van der Waals surface area contributed by atoms with E-state index in [0.29, 0.717) is 19.5 Å². The summed E-state index contributed by atoms with van der Waals surface area (Å²) in [5.41, 5.74) is 0.482. The number of hydrogen-bond acceptors (Lipinski definition) is 8. The summed E-state index contributed by atoms with van der Waals surface area (Å²) in [5.74, 6) is -1.04. The number of halogens is 1. The number of benzene rings is 1. The van der Waals surface area contributed by atoms with Crippen LogP contribution in [-0.2, 0) is 14.3 Å². The van der Waals surface area contributed by atoms with E-state index in [9.17, 15) is 14.4 Å². The second-order valence-corrected chi connectivity index (χ2v) is 7.73. The van der Waals surface area contributed by atoms with Crippen LogP contribution in [0.3, 0.4) is 0 Å².